The second-order valence-electron chi connectivity index (χ2n) is 4.72. The van der Waals surface area contributed by atoms with Gasteiger partial charge in [0, 0.05) is 25.7 Å². The van der Waals surface area contributed by atoms with Crippen LogP contribution >= 0.6 is 0 Å². The van der Waals surface area contributed by atoms with E-state index < -0.39 is 17.6 Å². The minimum Gasteiger partial charge on any atom is -0.314 e. The maximum Gasteiger partial charge on any atom is 0.416 e. The first-order chi connectivity index (χ1) is 8.90. The molecule has 1 aromatic carbocycles. The number of nitrogens with one attached hydrogen (secondary N) is 1. The van der Waals surface area contributed by atoms with E-state index in [0.29, 0.717) is 24.2 Å². The van der Waals surface area contributed by atoms with Crippen LogP contribution in [0.3, 0.4) is 0 Å². The van der Waals surface area contributed by atoms with E-state index in [1.165, 1.54) is 6.07 Å². The van der Waals surface area contributed by atoms with Crippen molar-refractivity contribution in [1.82, 2.24) is 10.2 Å². The van der Waals surface area contributed by atoms with Gasteiger partial charge in [0.15, 0.2) is 0 Å². The van der Waals surface area contributed by atoms with E-state index in [1.54, 1.807) is 0 Å². The first-order valence-corrected chi connectivity index (χ1v) is 6.21. The van der Waals surface area contributed by atoms with Gasteiger partial charge in [-0.05, 0) is 30.3 Å². The van der Waals surface area contributed by atoms with Crippen LogP contribution in [0.1, 0.15) is 18.1 Å². The number of nitrogens with zero attached hydrogens (tertiary/aromatic N) is 1. The van der Waals surface area contributed by atoms with Gasteiger partial charge >= 0.3 is 6.18 Å². The second kappa shape index (κ2) is 5.46. The molecule has 19 heavy (non-hydrogen) atoms. The molecule has 1 aliphatic heterocycles. The highest BCUT2D eigenvalue weighted by Gasteiger charge is 2.32. The van der Waals surface area contributed by atoms with Crippen molar-refractivity contribution in [2.45, 2.75) is 25.7 Å². The zero-order valence-corrected chi connectivity index (χ0v) is 10.6. The van der Waals surface area contributed by atoms with Crippen LogP contribution < -0.4 is 5.32 Å². The third-order valence-corrected chi connectivity index (χ3v) is 3.35. The molecule has 0 aliphatic carbocycles. The van der Waals surface area contributed by atoms with E-state index in [2.05, 4.69) is 5.32 Å². The molecule has 0 bridgehead atoms. The molecule has 1 aliphatic rings. The molecule has 2 rings (SSSR count). The summed E-state index contributed by atoms with van der Waals surface area (Å²) >= 11 is 0. The normalized spacial score (nSPS) is 16.7. The van der Waals surface area contributed by atoms with Crippen LogP contribution in [0.5, 0.6) is 0 Å². The lowest BCUT2D eigenvalue weighted by Gasteiger charge is -2.37. The smallest absolute Gasteiger partial charge is 0.314 e. The zero-order valence-electron chi connectivity index (χ0n) is 10.6. The Kier molecular flexibility index (Phi) is 4.10. The van der Waals surface area contributed by atoms with Gasteiger partial charge in [-0.25, -0.2) is 4.39 Å². The molecule has 1 heterocycles. The third kappa shape index (κ3) is 3.45. The molecule has 1 fully saturated rings. The van der Waals surface area contributed by atoms with E-state index in [9.17, 15) is 17.6 Å². The van der Waals surface area contributed by atoms with Crippen LogP contribution in [0.4, 0.5) is 17.6 Å². The Morgan fingerprint density at radius 1 is 1.26 bits per heavy atom. The standard InChI is InChI=1S/C13H16F4N2/c1-2-19(12-6-18-7-12)8-9-3-10(13(15,16)17)5-11(14)4-9/h3-5,12,18H,2,6-8H2,1H3. The Bertz CT molecular complexity index is 441. The van der Waals surface area contributed by atoms with Crippen molar-refractivity contribution in [3.63, 3.8) is 0 Å². The summed E-state index contributed by atoms with van der Waals surface area (Å²) in [5.74, 6) is -0.840. The number of halogens is 4. The third-order valence-electron chi connectivity index (χ3n) is 3.35. The van der Waals surface area contributed by atoms with Crippen molar-refractivity contribution in [1.29, 1.82) is 0 Å². The van der Waals surface area contributed by atoms with E-state index in [4.69, 9.17) is 0 Å². The number of likely N-dealkylation sites (N-methyl/N-ethyl adjacent to an activating group) is 1. The minimum atomic E-state index is -4.51. The van der Waals surface area contributed by atoms with Crippen LogP contribution in [0.25, 0.3) is 0 Å². The van der Waals surface area contributed by atoms with E-state index in [1.807, 2.05) is 11.8 Å². The highest BCUT2D eigenvalue weighted by molar-refractivity contribution is 5.27. The second-order valence-corrected chi connectivity index (χ2v) is 4.72. The summed E-state index contributed by atoms with van der Waals surface area (Å²) in [7, 11) is 0. The number of hydrogen-bond donors (Lipinski definition) is 1. The minimum absolute atomic E-state index is 0.322. The van der Waals surface area contributed by atoms with Crippen LogP contribution in [0.2, 0.25) is 0 Å². The van der Waals surface area contributed by atoms with Gasteiger partial charge in [0.2, 0.25) is 0 Å². The fourth-order valence-electron chi connectivity index (χ4n) is 2.17. The van der Waals surface area contributed by atoms with Crippen molar-refractivity contribution in [2.24, 2.45) is 0 Å². The highest BCUT2D eigenvalue weighted by Crippen LogP contribution is 2.30. The molecule has 0 aromatic heterocycles. The molecule has 6 heteroatoms. The van der Waals surface area contributed by atoms with Crippen LogP contribution in [0.15, 0.2) is 18.2 Å². The van der Waals surface area contributed by atoms with Gasteiger partial charge in [-0.1, -0.05) is 6.92 Å². The molecule has 1 saturated heterocycles. The molecule has 0 unspecified atom stereocenters. The predicted octanol–water partition coefficient (Wildman–Crippen LogP) is 2.64. The van der Waals surface area contributed by atoms with Gasteiger partial charge in [0.05, 0.1) is 5.56 Å². The fourth-order valence-corrected chi connectivity index (χ4v) is 2.17. The Labute approximate surface area is 109 Å². The molecule has 2 nitrogen and oxygen atoms in total. The number of hydrogen-bond acceptors (Lipinski definition) is 2. The Morgan fingerprint density at radius 3 is 2.42 bits per heavy atom. The molecule has 0 spiro atoms. The van der Waals surface area contributed by atoms with E-state index in [0.717, 1.165) is 25.7 Å². The quantitative estimate of drug-likeness (QED) is 0.850. The summed E-state index contributed by atoms with van der Waals surface area (Å²) < 4.78 is 51.1. The summed E-state index contributed by atoms with van der Waals surface area (Å²) in [6, 6.07) is 3.05. The predicted molar refractivity (Wildman–Crippen MR) is 64.1 cm³/mol. The summed E-state index contributed by atoms with van der Waals surface area (Å²) in [5, 5.41) is 3.11. The van der Waals surface area contributed by atoms with Crippen LogP contribution in [-0.2, 0) is 12.7 Å². The van der Waals surface area contributed by atoms with E-state index >= 15 is 0 Å². The first-order valence-electron chi connectivity index (χ1n) is 6.21. The summed E-state index contributed by atoms with van der Waals surface area (Å²) in [4.78, 5) is 2.05. The Balaban J connectivity index is 2.17. The van der Waals surface area contributed by atoms with Gasteiger partial charge in [-0.2, -0.15) is 13.2 Å². The maximum atomic E-state index is 13.3. The Morgan fingerprint density at radius 2 is 1.95 bits per heavy atom. The zero-order chi connectivity index (χ0) is 14.0. The molecule has 1 N–H and O–H groups in total. The summed E-state index contributed by atoms with van der Waals surface area (Å²) in [5.41, 5.74) is -0.564. The molecular formula is C13H16F4N2. The van der Waals surface area contributed by atoms with Crippen molar-refractivity contribution in [3.8, 4) is 0 Å². The van der Waals surface area contributed by atoms with Crippen molar-refractivity contribution in [3.05, 3.63) is 35.1 Å². The lowest BCUT2D eigenvalue weighted by molar-refractivity contribution is -0.137. The van der Waals surface area contributed by atoms with Crippen molar-refractivity contribution < 1.29 is 17.6 Å². The lowest BCUT2D eigenvalue weighted by Crippen LogP contribution is -2.56. The molecule has 1 aromatic rings. The summed E-state index contributed by atoms with van der Waals surface area (Å²) in [6.07, 6.45) is -4.51. The number of benzene rings is 1. The highest BCUT2D eigenvalue weighted by atomic mass is 19.4. The SMILES string of the molecule is CCN(Cc1cc(F)cc(C(F)(F)F)c1)C1CNC1. The van der Waals surface area contributed by atoms with Crippen molar-refractivity contribution in [2.75, 3.05) is 19.6 Å². The van der Waals surface area contributed by atoms with Gasteiger partial charge in [0.25, 0.3) is 0 Å². The van der Waals surface area contributed by atoms with Crippen molar-refractivity contribution >= 4 is 0 Å². The maximum absolute atomic E-state index is 13.3. The van der Waals surface area contributed by atoms with Gasteiger partial charge in [-0.3, -0.25) is 4.90 Å². The molecule has 0 saturated carbocycles. The van der Waals surface area contributed by atoms with Gasteiger partial charge in [-0.15, -0.1) is 0 Å². The topological polar surface area (TPSA) is 15.3 Å². The first kappa shape index (κ1) is 14.3. The average molecular weight is 276 g/mol. The van der Waals surface area contributed by atoms with Gasteiger partial charge in [0.1, 0.15) is 5.82 Å². The largest absolute Gasteiger partial charge is 0.416 e. The molecule has 106 valence electrons. The molecular weight excluding hydrogens is 260 g/mol. The monoisotopic (exact) mass is 276 g/mol. The fraction of sp³-hybridized carbons (Fsp3) is 0.538. The van der Waals surface area contributed by atoms with Crippen LogP contribution in [0, 0.1) is 5.82 Å². The Hall–Kier alpha value is -1.14. The van der Waals surface area contributed by atoms with Crippen LogP contribution in [-0.4, -0.2) is 30.6 Å². The lowest BCUT2D eigenvalue weighted by atomic mass is 10.1. The number of alkyl halides is 3. The van der Waals surface area contributed by atoms with E-state index in [-0.39, 0.29) is 0 Å². The molecule has 0 radical (unpaired) electrons. The number of rotatable bonds is 4. The summed E-state index contributed by atoms with van der Waals surface area (Å²) in [6.45, 7) is 4.67. The van der Waals surface area contributed by atoms with Gasteiger partial charge < -0.3 is 5.32 Å². The molecule has 0 atom stereocenters. The average Bonchev–Trinajstić information content (AvgIpc) is 2.23. The molecule has 0 amide bonds.